The second kappa shape index (κ2) is 7.79. The van der Waals surface area contributed by atoms with E-state index in [1.54, 1.807) is 24.3 Å². The Morgan fingerprint density at radius 2 is 1.91 bits per heavy atom. The van der Waals surface area contributed by atoms with E-state index in [4.69, 9.17) is 11.6 Å². The number of carbonyl (C=O) groups excluding carboxylic acids is 2. The Balaban J connectivity index is 1.85. The third kappa shape index (κ3) is 5.11. The first kappa shape index (κ1) is 17.0. The summed E-state index contributed by atoms with van der Waals surface area (Å²) in [5.74, 6) is -0.0600. The summed E-state index contributed by atoms with van der Waals surface area (Å²) in [5, 5.41) is 6.65. The average Bonchev–Trinajstić information content (AvgIpc) is 2.50. The number of carbonyl (C=O) groups is 2. The first-order valence-electron chi connectivity index (χ1n) is 7.36. The maximum Gasteiger partial charge on any atom is 0.226 e. The summed E-state index contributed by atoms with van der Waals surface area (Å²) in [6.07, 6.45) is 0.326. The Labute approximate surface area is 140 Å². The van der Waals surface area contributed by atoms with Crippen molar-refractivity contribution < 1.29 is 9.59 Å². The molecule has 120 valence electrons. The number of ketones is 1. The number of nitrogens with one attached hydrogen (secondary N) is 2. The molecule has 0 aromatic heterocycles. The van der Waals surface area contributed by atoms with Crippen molar-refractivity contribution in [3.05, 3.63) is 58.6 Å². The molecule has 2 rings (SSSR count). The molecule has 0 heterocycles. The highest BCUT2D eigenvalue weighted by Crippen LogP contribution is 2.19. The number of rotatable bonds is 6. The van der Waals surface area contributed by atoms with Crippen molar-refractivity contribution in [2.75, 3.05) is 17.2 Å². The molecule has 0 unspecified atom stereocenters. The van der Waals surface area contributed by atoms with Gasteiger partial charge in [-0.15, -0.1) is 0 Å². The van der Waals surface area contributed by atoms with E-state index in [1.165, 1.54) is 6.92 Å². The van der Waals surface area contributed by atoms with E-state index in [1.807, 2.05) is 25.1 Å². The summed E-state index contributed by atoms with van der Waals surface area (Å²) in [7, 11) is 0. The minimum atomic E-state index is -0.0781. The van der Waals surface area contributed by atoms with E-state index >= 15 is 0 Å². The quantitative estimate of drug-likeness (QED) is 0.777. The molecule has 2 N–H and O–H groups in total. The van der Waals surface area contributed by atoms with Crippen LogP contribution < -0.4 is 10.6 Å². The average molecular weight is 331 g/mol. The van der Waals surface area contributed by atoms with Gasteiger partial charge < -0.3 is 10.6 Å². The van der Waals surface area contributed by atoms with Crippen molar-refractivity contribution in [3.63, 3.8) is 0 Å². The van der Waals surface area contributed by atoms with Crippen LogP contribution in [0.3, 0.4) is 0 Å². The zero-order valence-electron chi connectivity index (χ0n) is 13.2. The molecular formula is C18H19ClN2O2. The van der Waals surface area contributed by atoms with Gasteiger partial charge >= 0.3 is 0 Å². The largest absolute Gasteiger partial charge is 0.385 e. The summed E-state index contributed by atoms with van der Waals surface area (Å²) >= 11 is 5.89. The molecule has 0 bridgehead atoms. The minimum absolute atomic E-state index is 0.0182. The van der Waals surface area contributed by atoms with Crippen LogP contribution in [-0.4, -0.2) is 18.2 Å². The topological polar surface area (TPSA) is 58.2 Å². The van der Waals surface area contributed by atoms with Crippen molar-refractivity contribution >= 4 is 34.7 Å². The first-order valence-corrected chi connectivity index (χ1v) is 7.74. The van der Waals surface area contributed by atoms with Crippen LogP contribution in [0, 0.1) is 6.92 Å². The summed E-state index contributed by atoms with van der Waals surface area (Å²) in [6.45, 7) is 3.91. The van der Waals surface area contributed by atoms with Gasteiger partial charge in [-0.3, -0.25) is 9.59 Å². The number of amides is 1. The Bertz CT molecular complexity index is 729. The highest BCUT2D eigenvalue weighted by molar-refractivity contribution is 6.30. The lowest BCUT2D eigenvalue weighted by Gasteiger charge is -2.10. The van der Waals surface area contributed by atoms with Gasteiger partial charge in [0.2, 0.25) is 5.91 Å². The van der Waals surface area contributed by atoms with Crippen molar-refractivity contribution in [3.8, 4) is 0 Å². The lowest BCUT2D eigenvalue weighted by atomic mass is 10.1. The lowest BCUT2D eigenvalue weighted by molar-refractivity contribution is -0.115. The van der Waals surface area contributed by atoms with Crippen LogP contribution in [0.15, 0.2) is 42.5 Å². The van der Waals surface area contributed by atoms with Gasteiger partial charge in [-0.2, -0.15) is 0 Å². The fourth-order valence-corrected chi connectivity index (χ4v) is 2.38. The van der Waals surface area contributed by atoms with Crippen molar-refractivity contribution in [1.82, 2.24) is 0 Å². The Morgan fingerprint density at radius 3 is 2.61 bits per heavy atom. The molecule has 0 fully saturated rings. The Hall–Kier alpha value is -2.33. The van der Waals surface area contributed by atoms with Crippen LogP contribution in [0.5, 0.6) is 0 Å². The highest BCUT2D eigenvalue weighted by atomic mass is 35.5. The predicted molar refractivity (Wildman–Crippen MR) is 94.4 cm³/mol. The zero-order chi connectivity index (χ0) is 16.8. The molecule has 0 saturated carbocycles. The summed E-state index contributed by atoms with van der Waals surface area (Å²) < 4.78 is 0. The van der Waals surface area contributed by atoms with E-state index in [0.717, 1.165) is 16.9 Å². The molecule has 1 amide bonds. The second-order valence-corrected chi connectivity index (χ2v) is 5.76. The molecule has 4 nitrogen and oxygen atoms in total. The second-order valence-electron chi connectivity index (χ2n) is 5.32. The fourth-order valence-electron chi connectivity index (χ4n) is 2.15. The molecule has 2 aromatic rings. The van der Waals surface area contributed by atoms with E-state index in [-0.39, 0.29) is 11.7 Å². The molecule has 0 aliphatic rings. The fraction of sp³-hybridized carbons (Fsp3) is 0.222. The van der Waals surface area contributed by atoms with Crippen molar-refractivity contribution in [2.24, 2.45) is 0 Å². The molecule has 23 heavy (non-hydrogen) atoms. The van der Waals surface area contributed by atoms with Crippen LogP contribution in [0.2, 0.25) is 5.02 Å². The standard InChI is InChI=1S/C18H19ClN2O2/c1-12-10-15(19)6-7-17(12)21-18(23)8-9-20-16-5-3-4-14(11-16)13(2)22/h3-7,10-11,20H,8-9H2,1-2H3,(H,21,23). The number of hydrogen-bond donors (Lipinski definition) is 2. The van der Waals surface area contributed by atoms with Gasteiger partial charge in [-0.05, 0) is 49.7 Å². The summed E-state index contributed by atoms with van der Waals surface area (Å²) in [5.41, 5.74) is 3.16. The lowest BCUT2D eigenvalue weighted by Crippen LogP contribution is -2.16. The van der Waals surface area contributed by atoms with E-state index in [2.05, 4.69) is 10.6 Å². The van der Waals surface area contributed by atoms with E-state index in [0.29, 0.717) is 23.6 Å². The Morgan fingerprint density at radius 1 is 1.13 bits per heavy atom. The van der Waals surface area contributed by atoms with Gasteiger partial charge in [0.25, 0.3) is 0 Å². The summed E-state index contributed by atoms with van der Waals surface area (Å²) in [4.78, 5) is 23.3. The van der Waals surface area contributed by atoms with Gasteiger partial charge in [0.05, 0.1) is 0 Å². The smallest absolute Gasteiger partial charge is 0.226 e. The van der Waals surface area contributed by atoms with Gasteiger partial charge in [0.1, 0.15) is 0 Å². The zero-order valence-corrected chi connectivity index (χ0v) is 13.9. The Kier molecular flexibility index (Phi) is 5.77. The van der Waals surface area contributed by atoms with Crippen LogP contribution in [0.4, 0.5) is 11.4 Å². The molecular weight excluding hydrogens is 312 g/mol. The van der Waals surface area contributed by atoms with Gasteiger partial charge in [-0.1, -0.05) is 23.7 Å². The number of halogens is 1. The van der Waals surface area contributed by atoms with Crippen molar-refractivity contribution in [2.45, 2.75) is 20.3 Å². The van der Waals surface area contributed by atoms with Crippen LogP contribution in [0.25, 0.3) is 0 Å². The minimum Gasteiger partial charge on any atom is -0.385 e. The van der Waals surface area contributed by atoms with Gasteiger partial charge in [-0.25, -0.2) is 0 Å². The molecule has 0 saturated heterocycles. The van der Waals surface area contributed by atoms with Gasteiger partial charge in [0.15, 0.2) is 5.78 Å². The van der Waals surface area contributed by atoms with Crippen LogP contribution in [0.1, 0.15) is 29.3 Å². The molecule has 0 aliphatic carbocycles. The first-order chi connectivity index (χ1) is 11.0. The molecule has 0 spiro atoms. The molecule has 5 heteroatoms. The normalized spacial score (nSPS) is 10.2. The maximum atomic E-state index is 12.0. The number of aryl methyl sites for hydroxylation is 1. The predicted octanol–water partition coefficient (Wildman–Crippen LogP) is 4.29. The highest BCUT2D eigenvalue weighted by Gasteiger charge is 2.06. The maximum absolute atomic E-state index is 12.0. The van der Waals surface area contributed by atoms with E-state index < -0.39 is 0 Å². The SMILES string of the molecule is CC(=O)c1cccc(NCCC(=O)Nc2ccc(Cl)cc2C)c1. The number of anilines is 2. The third-order valence-electron chi connectivity index (χ3n) is 3.41. The molecule has 2 aromatic carbocycles. The third-order valence-corrected chi connectivity index (χ3v) is 3.65. The van der Waals surface area contributed by atoms with E-state index in [9.17, 15) is 9.59 Å². The van der Waals surface area contributed by atoms with Crippen molar-refractivity contribution in [1.29, 1.82) is 0 Å². The van der Waals surface area contributed by atoms with Crippen LogP contribution in [-0.2, 0) is 4.79 Å². The number of hydrogen-bond acceptors (Lipinski definition) is 3. The summed E-state index contributed by atoms with van der Waals surface area (Å²) in [6, 6.07) is 12.6. The number of benzene rings is 2. The van der Waals surface area contributed by atoms with Gasteiger partial charge in [0, 0.05) is 34.9 Å². The number of Topliss-reactive ketones (excluding diaryl/α,β-unsaturated/α-hetero) is 1. The van der Waals surface area contributed by atoms with Crippen LogP contribution >= 0.6 is 11.6 Å². The molecule has 0 atom stereocenters. The monoisotopic (exact) mass is 330 g/mol. The molecule has 0 radical (unpaired) electrons. The molecule has 0 aliphatic heterocycles.